The summed E-state index contributed by atoms with van der Waals surface area (Å²) in [5, 5.41) is 7.69. The van der Waals surface area contributed by atoms with Crippen molar-refractivity contribution in [1.82, 2.24) is 10.2 Å². The van der Waals surface area contributed by atoms with Crippen LogP contribution in [0.25, 0.3) is 0 Å². The summed E-state index contributed by atoms with van der Waals surface area (Å²) in [5.41, 5.74) is 5.36. The minimum Gasteiger partial charge on any atom is -0.408 e. The molecule has 0 saturated carbocycles. The van der Waals surface area contributed by atoms with Gasteiger partial charge in [0.05, 0.1) is 11.5 Å². The summed E-state index contributed by atoms with van der Waals surface area (Å²) in [6, 6.07) is 0.387. The molecule has 0 unspecified atom stereocenters. The highest BCUT2D eigenvalue weighted by Crippen LogP contribution is 2.15. The zero-order valence-corrected chi connectivity index (χ0v) is 9.61. The van der Waals surface area contributed by atoms with Gasteiger partial charge in [0.2, 0.25) is 5.89 Å². The first-order valence-electron chi connectivity index (χ1n) is 5.08. The van der Waals surface area contributed by atoms with Gasteiger partial charge in [-0.3, -0.25) is 0 Å². The Morgan fingerprint density at radius 3 is 2.62 bits per heavy atom. The van der Waals surface area contributed by atoms with E-state index >= 15 is 0 Å². The molecule has 8 heteroatoms. The molecule has 1 fully saturated rings. The van der Waals surface area contributed by atoms with E-state index in [-0.39, 0.29) is 11.5 Å². The Balaban J connectivity index is 2.02. The van der Waals surface area contributed by atoms with E-state index in [1.807, 2.05) is 0 Å². The predicted molar refractivity (Wildman–Crippen MR) is 57.9 cm³/mol. The van der Waals surface area contributed by atoms with Crippen molar-refractivity contribution in [3.8, 4) is 0 Å². The number of aromatic nitrogens is 2. The van der Waals surface area contributed by atoms with Crippen molar-refractivity contribution < 1.29 is 12.8 Å². The van der Waals surface area contributed by atoms with E-state index in [1.54, 1.807) is 4.90 Å². The summed E-state index contributed by atoms with van der Waals surface area (Å²) in [6.45, 7) is 1.27. The molecule has 90 valence electrons. The van der Waals surface area contributed by atoms with Crippen molar-refractivity contribution in [3.63, 3.8) is 0 Å². The normalized spacial score (nSPS) is 19.9. The van der Waals surface area contributed by atoms with Crippen LogP contribution in [0.3, 0.4) is 0 Å². The number of hydrogen-bond donors (Lipinski definition) is 1. The molecule has 0 radical (unpaired) electrons. The van der Waals surface area contributed by atoms with Gasteiger partial charge < -0.3 is 15.1 Å². The lowest BCUT2D eigenvalue weighted by molar-refractivity contribution is 0.484. The number of hydrogen-bond acceptors (Lipinski definition) is 7. The lowest BCUT2D eigenvalue weighted by atomic mass is 10.4. The number of nitrogens with two attached hydrogens (primary N) is 1. The first-order valence-corrected chi connectivity index (χ1v) is 6.91. The summed E-state index contributed by atoms with van der Waals surface area (Å²) >= 11 is 0. The Hall–Kier alpha value is -1.15. The molecular weight excluding hydrogens is 232 g/mol. The zero-order valence-electron chi connectivity index (χ0n) is 8.79. The van der Waals surface area contributed by atoms with Crippen LogP contribution in [0.4, 0.5) is 6.01 Å². The van der Waals surface area contributed by atoms with Gasteiger partial charge in [0, 0.05) is 26.1 Å². The highest BCUT2D eigenvalue weighted by Gasteiger charge is 2.24. The van der Waals surface area contributed by atoms with Crippen LogP contribution in [-0.2, 0) is 16.3 Å². The van der Waals surface area contributed by atoms with Crippen molar-refractivity contribution in [3.05, 3.63) is 5.89 Å². The fraction of sp³-hybridized carbons (Fsp3) is 0.750. The molecule has 2 heterocycles. The van der Waals surface area contributed by atoms with Gasteiger partial charge in [-0.2, -0.15) is 0 Å². The van der Waals surface area contributed by atoms with Crippen LogP contribution in [-0.4, -0.2) is 49.8 Å². The molecule has 1 aliphatic heterocycles. The molecule has 7 nitrogen and oxygen atoms in total. The molecule has 0 amide bonds. The molecule has 0 bridgehead atoms. The monoisotopic (exact) mass is 246 g/mol. The molecule has 2 N–H and O–H groups in total. The molecule has 0 atom stereocenters. The molecule has 16 heavy (non-hydrogen) atoms. The molecule has 1 aromatic heterocycles. The van der Waals surface area contributed by atoms with Crippen molar-refractivity contribution in [2.45, 2.75) is 6.42 Å². The molecular formula is C8H14N4O3S. The fourth-order valence-electron chi connectivity index (χ4n) is 1.50. The molecule has 0 aliphatic carbocycles. The number of sulfone groups is 1. The number of anilines is 1. The molecule has 2 rings (SSSR count). The largest absolute Gasteiger partial charge is 0.408 e. The Kier molecular flexibility index (Phi) is 3.10. The number of rotatable bonds is 3. The van der Waals surface area contributed by atoms with E-state index in [0.717, 1.165) is 0 Å². The number of nitrogens with zero attached hydrogens (tertiary/aromatic N) is 3. The van der Waals surface area contributed by atoms with Crippen LogP contribution in [0.1, 0.15) is 5.89 Å². The van der Waals surface area contributed by atoms with Crippen LogP contribution in [0.2, 0.25) is 0 Å². The van der Waals surface area contributed by atoms with Crippen LogP contribution in [0, 0.1) is 0 Å². The van der Waals surface area contributed by atoms with Crippen molar-refractivity contribution in [2.75, 3.05) is 36.0 Å². The molecule has 1 aliphatic rings. The van der Waals surface area contributed by atoms with E-state index in [2.05, 4.69) is 10.2 Å². The Bertz CT molecular complexity index is 442. The quantitative estimate of drug-likeness (QED) is 0.715. The molecule has 0 spiro atoms. The molecule has 0 aromatic carbocycles. The van der Waals surface area contributed by atoms with E-state index in [9.17, 15) is 8.42 Å². The van der Waals surface area contributed by atoms with Crippen molar-refractivity contribution in [2.24, 2.45) is 5.73 Å². The average molecular weight is 246 g/mol. The van der Waals surface area contributed by atoms with E-state index in [0.29, 0.717) is 38.0 Å². The van der Waals surface area contributed by atoms with Gasteiger partial charge in [-0.15, -0.1) is 5.10 Å². The van der Waals surface area contributed by atoms with Crippen LogP contribution >= 0.6 is 0 Å². The van der Waals surface area contributed by atoms with Crippen molar-refractivity contribution >= 4 is 15.9 Å². The molecule has 1 aromatic rings. The standard InChI is InChI=1S/C8H14N4O3S/c9-2-1-7-10-11-8(15-7)12-3-5-16(13,14)6-4-12/h1-6,9H2. The lowest BCUT2D eigenvalue weighted by Crippen LogP contribution is -2.40. The van der Waals surface area contributed by atoms with E-state index in [4.69, 9.17) is 10.2 Å². The fourth-order valence-corrected chi connectivity index (χ4v) is 2.70. The smallest absolute Gasteiger partial charge is 0.318 e. The highest BCUT2D eigenvalue weighted by atomic mass is 32.2. The van der Waals surface area contributed by atoms with Gasteiger partial charge in [0.1, 0.15) is 0 Å². The summed E-state index contributed by atoms with van der Waals surface area (Å²) in [7, 11) is -2.88. The Morgan fingerprint density at radius 2 is 2.00 bits per heavy atom. The molecule has 1 saturated heterocycles. The van der Waals surface area contributed by atoms with Crippen LogP contribution in [0.15, 0.2) is 4.42 Å². The van der Waals surface area contributed by atoms with Gasteiger partial charge >= 0.3 is 6.01 Å². The second kappa shape index (κ2) is 4.38. The van der Waals surface area contributed by atoms with Gasteiger partial charge in [-0.25, -0.2) is 8.42 Å². The van der Waals surface area contributed by atoms with E-state index in [1.165, 1.54) is 0 Å². The maximum atomic E-state index is 11.2. The van der Waals surface area contributed by atoms with Crippen LogP contribution in [0.5, 0.6) is 0 Å². The van der Waals surface area contributed by atoms with Gasteiger partial charge in [0.15, 0.2) is 9.84 Å². The average Bonchev–Trinajstić information content (AvgIpc) is 2.67. The predicted octanol–water partition coefficient (Wildman–Crippen LogP) is -1.19. The lowest BCUT2D eigenvalue weighted by Gasteiger charge is -2.24. The third-order valence-corrected chi connectivity index (χ3v) is 4.04. The van der Waals surface area contributed by atoms with Gasteiger partial charge in [-0.05, 0) is 0 Å². The topological polar surface area (TPSA) is 102 Å². The van der Waals surface area contributed by atoms with Gasteiger partial charge in [0.25, 0.3) is 0 Å². The summed E-state index contributed by atoms with van der Waals surface area (Å²) in [5.74, 6) is 0.773. The maximum absolute atomic E-state index is 11.2. The van der Waals surface area contributed by atoms with Crippen LogP contribution < -0.4 is 10.6 Å². The van der Waals surface area contributed by atoms with E-state index < -0.39 is 9.84 Å². The first-order chi connectivity index (χ1) is 7.61. The Labute approximate surface area is 93.5 Å². The second-order valence-corrected chi connectivity index (χ2v) is 5.96. The second-order valence-electron chi connectivity index (χ2n) is 3.66. The summed E-state index contributed by atoms with van der Waals surface area (Å²) in [6.07, 6.45) is 0.541. The minimum absolute atomic E-state index is 0.140. The first kappa shape index (κ1) is 11.3. The minimum atomic E-state index is -2.88. The Morgan fingerprint density at radius 1 is 1.31 bits per heavy atom. The SMILES string of the molecule is NCCc1nnc(N2CCS(=O)(=O)CC2)o1. The summed E-state index contributed by atoms with van der Waals surface area (Å²) < 4.78 is 27.8. The van der Waals surface area contributed by atoms with Crippen molar-refractivity contribution in [1.29, 1.82) is 0 Å². The highest BCUT2D eigenvalue weighted by molar-refractivity contribution is 7.91. The third-order valence-electron chi connectivity index (χ3n) is 2.43. The van der Waals surface area contributed by atoms with Gasteiger partial charge in [-0.1, -0.05) is 5.10 Å². The third kappa shape index (κ3) is 2.50. The maximum Gasteiger partial charge on any atom is 0.318 e. The zero-order chi connectivity index (χ0) is 11.6. The summed E-state index contributed by atoms with van der Waals surface area (Å²) in [4.78, 5) is 1.79.